The van der Waals surface area contributed by atoms with Gasteiger partial charge in [-0.2, -0.15) is 4.98 Å². The molecule has 1 aliphatic rings. The lowest BCUT2D eigenvalue weighted by molar-refractivity contribution is 0.398. The fourth-order valence-electron chi connectivity index (χ4n) is 3.49. The van der Waals surface area contributed by atoms with Gasteiger partial charge in [0.25, 0.3) is 5.89 Å². The van der Waals surface area contributed by atoms with Crippen LogP contribution in [0, 0.1) is 6.92 Å². The molecule has 1 unspecified atom stereocenters. The molecular formula is C22H22N4OS. The number of aromatic nitrogens is 2. The zero-order valence-electron chi connectivity index (χ0n) is 16.1. The van der Waals surface area contributed by atoms with E-state index in [4.69, 9.17) is 21.7 Å². The highest BCUT2D eigenvalue weighted by molar-refractivity contribution is 7.80. The Morgan fingerprint density at radius 1 is 1.07 bits per heavy atom. The third-order valence-electron chi connectivity index (χ3n) is 5.01. The first kappa shape index (κ1) is 18.4. The lowest BCUT2D eigenvalue weighted by atomic mass is 9.94. The van der Waals surface area contributed by atoms with Crippen LogP contribution in [-0.2, 0) is 0 Å². The van der Waals surface area contributed by atoms with Crippen LogP contribution in [-0.4, -0.2) is 26.7 Å². The normalized spacial score (nSPS) is 17.0. The van der Waals surface area contributed by atoms with Gasteiger partial charge in [-0.25, -0.2) is 0 Å². The van der Waals surface area contributed by atoms with E-state index in [-0.39, 0.29) is 6.04 Å². The molecule has 0 fully saturated rings. The maximum Gasteiger partial charge on any atom is 0.258 e. The molecule has 142 valence electrons. The summed E-state index contributed by atoms with van der Waals surface area (Å²) in [5, 5.41) is 8.37. The minimum Gasteiger partial charge on any atom is -0.351 e. The average Bonchev–Trinajstić information content (AvgIpc) is 3.19. The fraction of sp³-hybridized carbons (Fsp3) is 0.227. The molecule has 5 nitrogen and oxygen atoms in total. The summed E-state index contributed by atoms with van der Waals surface area (Å²) in [6.07, 6.45) is 0. The summed E-state index contributed by atoms with van der Waals surface area (Å²) in [7, 11) is 0. The van der Waals surface area contributed by atoms with Crippen molar-refractivity contribution in [3.63, 3.8) is 0 Å². The summed E-state index contributed by atoms with van der Waals surface area (Å²) < 4.78 is 5.70. The maximum atomic E-state index is 5.70. The first-order chi connectivity index (χ1) is 13.6. The third kappa shape index (κ3) is 3.31. The van der Waals surface area contributed by atoms with Crippen LogP contribution in [0.1, 0.15) is 36.9 Å². The van der Waals surface area contributed by atoms with Gasteiger partial charge in [0, 0.05) is 17.8 Å². The minimum atomic E-state index is -0.139. The molecule has 0 amide bonds. The van der Waals surface area contributed by atoms with Crippen LogP contribution < -0.4 is 5.32 Å². The molecule has 1 atom stereocenters. The quantitative estimate of drug-likeness (QED) is 0.650. The highest BCUT2D eigenvalue weighted by Crippen LogP contribution is 2.37. The second-order valence-electron chi connectivity index (χ2n) is 6.83. The van der Waals surface area contributed by atoms with Gasteiger partial charge < -0.3 is 14.7 Å². The Hall–Kier alpha value is -2.99. The topological polar surface area (TPSA) is 54.2 Å². The zero-order chi connectivity index (χ0) is 19.7. The van der Waals surface area contributed by atoms with E-state index in [0.717, 1.165) is 28.9 Å². The Balaban J connectivity index is 1.82. The highest BCUT2D eigenvalue weighted by atomic mass is 32.1. The Morgan fingerprint density at radius 2 is 1.79 bits per heavy atom. The highest BCUT2D eigenvalue weighted by Gasteiger charge is 2.33. The van der Waals surface area contributed by atoms with Crippen molar-refractivity contribution in [3.05, 3.63) is 77.3 Å². The Labute approximate surface area is 170 Å². The molecule has 1 aliphatic heterocycles. The number of nitrogens with one attached hydrogen (secondary N) is 1. The predicted molar refractivity (Wildman–Crippen MR) is 114 cm³/mol. The first-order valence-electron chi connectivity index (χ1n) is 9.33. The van der Waals surface area contributed by atoms with Crippen molar-refractivity contribution in [3.8, 4) is 11.4 Å². The molecule has 0 radical (unpaired) electrons. The van der Waals surface area contributed by atoms with Gasteiger partial charge in [0.2, 0.25) is 5.82 Å². The number of hydrogen-bond acceptors (Lipinski definition) is 4. The number of aryl methyl sites for hydroxylation is 1. The molecule has 0 aliphatic carbocycles. The van der Waals surface area contributed by atoms with E-state index in [1.54, 1.807) is 0 Å². The molecule has 1 aromatic heterocycles. The standard InChI is InChI=1S/C22H22N4OS/c1-4-26-15(3)18(19(23-22(26)28)16-12-10-14(2)11-13-16)21-24-20(25-27-21)17-8-6-5-7-9-17/h5-13,19H,4H2,1-3H3,(H,23,28). The Morgan fingerprint density at radius 3 is 2.46 bits per heavy atom. The number of benzene rings is 2. The Kier molecular flexibility index (Phi) is 4.96. The van der Waals surface area contributed by atoms with Gasteiger partial charge in [0.05, 0.1) is 11.6 Å². The van der Waals surface area contributed by atoms with Crippen molar-refractivity contribution in [1.82, 2.24) is 20.4 Å². The molecular weight excluding hydrogens is 368 g/mol. The SMILES string of the molecule is CCN1C(=S)NC(c2ccc(C)cc2)C(c2nc(-c3ccccc3)no2)=C1C. The largest absolute Gasteiger partial charge is 0.351 e. The second-order valence-corrected chi connectivity index (χ2v) is 7.21. The molecule has 6 heteroatoms. The number of thiocarbonyl (C=S) groups is 1. The maximum absolute atomic E-state index is 5.70. The average molecular weight is 391 g/mol. The van der Waals surface area contributed by atoms with Crippen molar-refractivity contribution in [2.24, 2.45) is 0 Å². The van der Waals surface area contributed by atoms with Crippen molar-refractivity contribution in [2.75, 3.05) is 6.54 Å². The van der Waals surface area contributed by atoms with Gasteiger partial charge in [-0.3, -0.25) is 0 Å². The van der Waals surface area contributed by atoms with Gasteiger partial charge in [0.1, 0.15) is 0 Å². The summed E-state index contributed by atoms with van der Waals surface area (Å²) in [5.41, 5.74) is 5.23. The van der Waals surface area contributed by atoms with Gasteiger partial charge in [-0.05, 0) is 38.6 Å². The molecule has 2 heterocycles. The van der Waals surface area contributed by atoms with Crippen LogP contribution >= 0.6 is 12.2 Å². The van der Waals surface area contributed by atoms with Crippen LogP contribution in [0.5, 0.6) is 0 Å². The van der Waals surface area contributed by atoms with Crippen molar-refractivity contribution < 1.29 is 4.52 Å². The second kappa shape index (κ2) is 7.56. The molecule has 1 N–H and O–H groups in total. The minimum absolute atomic E-state index is 0.139. The van der Waals surface area contributed by atoms with E-state index < -0.39 is 0 Å². The molecule has 0 bridgehead atoms. The molecule has 28 heavy (non-hydrogen) atoms. The number of rotatable bonds is 4. The van der Waals surface area contributed by atoms with Crippen molar-refractivity contribution >= 4 is 22.9 Å². The summed E-state index contributed by atoms with van der Waals surface area (Å²) in [4.78, 5) is 6.75. The first-order valence-corrected chi connectivity index (χ1v) is 9.74. The molecule has 3 aromatic rings. The fourth-order valence-corrected chi connectivity index (χ4v) is 3.87. The molecule has 0 saturated heterocycles. The van der Waals surface area contributed by atoms with Crippen molar-refractivity contribution in [1.29, 1.82) is 0 Å². The van der Waals surface area contributed by atoms with Gasteiger partial charge in [-0.15, -0.1) is 0 Å². The lowest BCUT2D eigenvalue weighted by Gasteiger charge is -2.36. The lowest BCUT2D eigenvalue weighted by Crippen LogP contribution is -2.45. The zero-order valence-corrected chi connectivity index (χ0v) is 17.0. The smallest absolute Gasteiger partial charge is 0.258 e. The Bertz CT molecular complexity index is 1020. The third-order valence-corrected chi connectivity index (χ3v) is 5.35. The summed E-state index contributed by atoms with van der Waals surface area (Å²) >= 11 is 5.60. The van der Waals surface area contributed by atoms with E-state index in [9.17, 15) is 0 Å². The predicted octanol–water partition coefficient (Wildman–Crippen LogP) is 4.73. The van der Waals surface area contributed by atoms with Crippen molar-refractivity contribution in [2.45, 2.75) is 26.8 Å². The molecule has 0 spiro atoms. The summed E-state index contributed by atoms with van der Waals surface area (Å²) in [5.74, 6) is 1.09. The van der Waals surface area contributed by atoms with Crippen LogP contribution in [0.15, 0.2) is 64.8 Å². The van der Waals surface area contributed by atoms with E-state index in [1.807, 2.05) is 30.3 Å². The van der Waals surface area contributed by atoms with Crippen LogP contribution in [0.25, 0.3) is 17.0 Å². The van der Waals surface area contributed by atoms with E-state index in [1.165, 1.54) is 5.56 Å². The molecule has 0 saturated carbocycles. The number of nitrogens with zero attached hydrogens (tertiary/aromatic N) is 3. The summed E-state index contributed by atoms with van der Waals surface area (Å²) in [6.45, 7) is 6.97. The van der Waals surface area contributed by atoms with Gasteiger partial charge >= 0.3 is 0 Å². The van der Waals surface area contributed by atoms with Crippen LogP contribution in [0.2, 0.25) is 0 Å². The molecule has 4 rings (SSSR count). The van der Waals surface area contributed by atoms with Crippen LogP contribution in [0.4, 0.5) is 0 Å². The number of hydrogen-bond donors (Lipinski definition) is 1. The van der Waals surface area contributed by atoms with E-state index in [2.05, 4.69) is 60.4 Å². The monoisotopic (exact) mass is 390 g/mol. The summed E-state index contributed by atoms with van der Waals surface area (Å²) in [6, 6.07) is 18.1. The molecule has 2 aromatic carbocycles. The van der Waals surface area contributed by atoms with E-state index >= 15 is 0 Å². The van der Waals surface area contributed by atoms with Gasteiger partial charge in [0.15, 0.2) is 5.11 Å². The van der Waals surface area contributed by atoms with Gasteiger partial charge in [-0.1, -0.05) is 65.3 Å². The van der Waals surface area contributed by atoms with E-state index in [0.29, 0.717) is 16.8 Å². The number of allylic oxidation sites excluding steroid dienone is 1. The van der Waals surface area contributed by atoms with Crippen LogP contribution in [0.3, 0.4) is 0 Å².